The van der Waals surface area contributed by atoms with E-state index in [1.54, 1.807) is 26.0 Å². The van der Waals surface area contributed by atoms with Gasteiger partial charge in [0.1, 0.15) is 11.6 Å². The molecule has 0 bridgehead atoms. The Morgan fingerprint density at radius 2 is 2.00 bits per heavy atom. The van der Waals surface area contributed by atoms with Gasteiger partial charge >= 0.3 is 0 Å². The van der Waals surface area contributed by atoms with Crippen LogP contribution in [0.5, 0.6) is 0 Å². The SMILES string of the molecule is CCC(=O)C(C)c1ccc(Cl)cc1F.CCNC. The van der Waals surface area contributed by atoms with Crippen LogP contribution in [0.2, 0.25) is 5.02 Å². The van der Waals surface area contributed by atoms with Crippen molar-refractivity contribution in [3.63, 3.8) is 0 Å². The van der Waals surface area contributed by atoms with Crippen molar-refractivity contribution >= 4 is 17.4 Å². The number of benzene rings is 1. The molecule has 0 fully saturated rings. The van der Waals surface area contributed by atoms with Crippen molar-refractivity contribution in [1.82, 2.24) is 5.32 Å². The predicted molar refractivity (Wildman–Crippen MR) is 74.7 cm³/mol. The van der Waals surface area contributed by atoms with Crippen molar-refractivity contribution < 1.29 is 9.18 Å². The average Bonchev–Trinajstić information content (AvgIpc) is 2.37. The van der Waals surface area contributed by atoms with E-state index in [-0.39, 0.29) is 5.78 Å². The Balaban J connectivity index is 0.000000631. The van der Waals surface area contributed by atoms with E-state index in [1.165, 1.54) is 6.07 Å². The van der Waals surface area contributed by atoms with E-state index in [0.29, 0.717) is 17.0 Å². The van der Waals surface area contributed by atoms with Crippen LogP contribution in [0.1, 0.15) is 38.7 Å². The largest absolute Gasteiger partial charge is 0.320 e. The van der Waals surface area contributed by atoms with Crippen LogP contribution in [0, 0.1) is 5.82 Å². The van der Waals surface area contributed by atoms with Gasteiger partial charge in [-0.25, -0.2) is 4.39 Å². The van der Waals surface area contributed by atoms with E-state index in [0.717, 1.165) is 6.54 Å². The van der Waals surface area contributed by atoms with Gasteiger partial charge in [0.15, 0.2) is 0 Å². The maximum absolute atomic E-state index is 13.4. The number of rotatable bonds is 4. The van der Waals surface area contributed by atoms with Crippen molar-refractivity contribution in [3.05, 3.63) is 34.6 Å². The summed E-state index contributed by atoms with van der Waals surface area (Å²) in [5, 5.41) is 3.28. The third-order valence-electron chi connectivity index (χ3n) is 2.61. The van der Waals surface area contributed by atoms with Crippen LogP contribution in [-0.4, -0.2) is 19.4 Å². The number of halogens is 2. The number of hydrogen-bond donors (Lipinski definition) is 1. The minimum atomic E-state index is -0.410. The topological polar surface area (TPSA) is 29.1 Å². The number of hydrogen-bond acceptors (Lipinski definition) is 2. The number of nitrogens with one attached hydrogen (secondary N) is 1. The summed E-state index contributed by atoms with van der Waals surface area (Å²) >= 11 is 5.61. The Morgan fingerprint density at radius 3 is 2.39 bits per heavy atom. The lowest BCUT2D eigenvalue weighted by atomic mass is 9.95. The highest BCUT2D eigenvalue weighted by Crippen LogP contribution is 2.23. The maximum Gasteiger partial charge on any atom is 0.139 e. The standard InChI is InChI=1S/C11H12ClFO.C3H9N/c1-3-11(14)7(2)9-5-4-8(12)6-10(9)13;1-3-4-2/h4-7H,3H2,1-2H3;4H,3H2,1-2H3. The van der Waals surface area contributed by atoms with Gasteiger partial charge in [-0.3, -0.25) is 4.79 Å². The Labute approximate surface area is 114 Å². The molecule has 0 saturated heterocycles. The van der Waals surface area contributed by atoms with Crippen LogP contribution in [0.15, 0.2) is 18.2 Å². The summed E-state index contributed by atoms with van der Waals surface area (Å²) in [6.45, 7) is 6.62. The monoisotopic (exact) mass is 273 g/mol. The first kappa shape index (κ1) is 17.1. The zero-order chi connectivity index (χ0) is 14.1. The van der Waals surface area contributed by atoms with Gasteiger partial charge < -0.3 is 5.32 Å². The minimum absolute atomic E-state index is 0.0335. The van der Waals surface area contributed by atoms with Gasteiger partial charge in [-0.2, -0.15) is 0 Å². The summed E-state index contributed by atoms with van der Waals surface area (Å²) in [6.07, 6.45) is 0.420. The zero-order valence-electron chi connectivity index (χ0n) is 11.4. The molecular weight excluding hydrogens is 253 g/mol. The van der Waals surface area contributed by atoms with Crippen LogP contribution < -0.4 is 5.32 Å². The number of carbonyl (C=O) groups is 1. The first-order valence-corrected chi connectivity index (χ1v) is 6.47. The van der Waals surface area contributed by atoms with Gasteiger partial charge in [-0.1, -0.05) is 38.4 Å². The first-order valence-electron chi connectivity index (χ1n) is 6.10. The molecule has 0 saturated carbocycles. The third-order valence-corrected chi connectivity index (χ3v) is 2.85. The molecule has 1 aromatic carbocycles. The average molecular weight is 274 g/mol. The molecule has 1 unspecified atom stereocenters. The molecule has 2 nitrogen and oxygen atoms in total. The second-order valence-electron chi connectivity index (χ2n) is 3.91. The molecule has 0 amide bonds. The molecule has 102 valence electrons. The van der Waals surface area contributed by atoms with Gasteiger partial charge in [0.2, 0.25) is 0 Å². The first-order chi connectivity index (χ1) is 8.47. The van der Waals surface area contributed by atoms with E-state index < -0.39 is 11.7 Å². The highest BCUT2D eigenvalue weighted by molar-refractivity contribution is 6.30. The third kappa shape index (κ3) is 5.61. The molecule has 0 aliphatic rings. The van der Waals surface area contributed by atoms with Crippen molar-refractivity contribution in [1.29, 1.82) is 0 Å². The number of carbonyl (C=O) groups excluding carboxylic acids is 1. The van der Waals surface area contributed by atoms with Gasteiger partial charge in [-0.15, -0.1) is 0 Å². The Bertz CT molecular complexity index is 380. The second kappa shape index (κ2) is 9.06. The molecule has 0 aliphatic carbocycles. The van der Waals surface area contributed by atoms with Crippen LogP contribution in [0.25, 0.3) is 0 Å². The Hall–Kier alpha value is -0.930. The van der Waals surface area contributed by atoms with E-state index in [4.69, 9.17) is 11.6 Å². The van der Waals surface area contributed by atoms with Crippen molar-refractivity contribution in [2.75, 3.05) is 13.6 Å². The highest BCUT2D eigenvalue weighted by Gasteiger charge is 2.16. The fraction of sp³-hybridized carbons (Fsp3) is 0.500. The van der Waals surface area contributed by atoms with Crippen LogP contribution >= 0.6 is 11.6 Å². The van der Waals surface area contributed by atoms with Crippen molar-refractivity contribution in [2.45, 2.75) is 33.1 Å². The predicted octanol–water partition coefficient (Wildman–Crippen LogP) is 3.79. The fourth-order valence-electron chi connectivity index (χ4n) is 1.33. The number of ketones is 1. The van der Waals surface area contributed by atoms with Crippen molar-refractivity contribution in [3.8, 4) is 0 Å². The molecule has 1 N–H and O–H groups in total. The number of Topliss-reactive ketones (excluding diaryl/α,β-unsaturated/α-hetero) is 1. The van der Waals surface area contributed by atoms with Gasteiger partial charge in [0, 0.05) is 17.4 Å². The molecule has 0 aliphatic heterocycles. The fourth-order valence-corrected chi connectivity index (χ4v) is 1.49. The van der Waals surface area contributed by atoms with Crippen LogP contribution in [0.3, 0.4) is 0 Å². The zero-order valence-corrected chi connectivity index (χ0v) is 12.1. The molecular formula is C14H21ClFNO. The Morgan fingerprint density at radius 1 is 1.44 bits per heavy atom. The molecule has 18 heavy (non-hydrogen) atoms. The van der Waals surface area contributed by atoms with Gasteiger partial charge in [-0.05, 0) is 31.3 Å². The normalized spacial score (nSPS) is 11.4. The summed E-state index contributed by atoms with van der Waals surface area (Å²) < 4.78 is 13.4. The maximum atomic E-state index is 13.4. The summed E-state index contributed by atoms with van der Waals surface area (Å²) in [5.41, 5.74) is 0.418. The summed E-state index contributed by atoms with van der Waals surface area (Å²) in [6, 6.07) is 4.39. The molecule has 1 atom stereocenters. The van der Waals surface area contributed by atoms with E-state index in [1.807, 2.05) is 7.05 Å². The lowest BCUT2D eigenvalue weighted by Gasteiger charge is -2.10. The molecule has 0 aromatic heterocycles. The van der Waals surface area contributed by atoms with Crippen molar-refractivity contribution in [2.24, 2.45) is 0 Å². The molecule has 1 rings (SSSR count). The molecule has 1 aromatic rings. The van der Waals surface area contributed by atoms with E-state index in [2.05, 4.69) is 12.2 Å². The summed E-state index contributed by atoms with van der Waals surface area (Å²) in [4.78, 5) is 11.3. The van der Waals surface area contributed by atoms with Gasteiger partial charge in [0.05, 0.1) is 0 Å². The molecule has 4 heteroatoms. The lowest BCUT2D eigenvalue weighted by Crippen LogP contribution is -2.09. The lowest BCUT2D eigenvalue weighted by molar-refractivity contribution is -0.119. The van der Waals surface area contributed by atoms with E-state index in [9.17, 15) is 9.18 Å². The minimum Gasteiger partial charge on any atom is -0.320 e. The Kier molecular flexibility index (Phi) is 8.59. The quantitative estimate of drug-likeness (QED) is 0.904. The van der Waals surface area contributed by atoms with Crippen LogP contribution in [-0.2, 0) is 4.79 Å². The second-order valence-corrected chi connectivity index (χ2v) is 4.35. The van der Waals surface area contributed by atoms with Gasteiger partial charge in [0.25, 0.3) is 0 Å². The molecule has 0 radical (unpaired) electrons. The summed E-state index contributed by atoms with van der Waals surface area (Å²) in [5.74, 6) is -0.768. The molecule has 0 spiro atoms. The van der Waals surface area contributed by atoms with Crippen LogP contribution in [0.4, 0.5) is 4.39 Å². The molecule has 0 heterocycles. The highest BCUT2D eigenvalue weighted by atomic mass is 35.5. The summed E-state index contributed by atoms with van der Waals surface area (Å²) in [7, 11) is 1.93. The smallest absolute Gasteiger partial charge is 0.139 e. The van der Waals surface area contributed by atoms with E-state index >= 15 is 0 Å².